The summed E-state index contributed by atoms with van der Waals surface area (Å²) in [7, 11) is 0. The van der Waals surface area contributed by atoms with Gasteiger partial charge >= 0.3 is 0 Å². The van der Waals surface area contributed by atoms with Gasteiger partial charge in [-0.2, -0.15) is 0 Å². The molecule has 2 heterocycles. The van der Waals surface area contributed by atoms with Gasteiger partial charge in [0.2, 0.25) is 12.6 Å². The first-order valence-electron chi connectivity index (χ1n) is 9.44. The summed E-state index contributed by atoms with van der Waals surface area (Å²) in [5, 5.41) is 3.68. The van der Waals surface area contributed by atoms with Crippen LogP contribution in [0.4, 0.5) is 5.69 Å². The normalized spacial score (nSPS) is 12.2. The third kappa shape index (κ3) is 3.08. The van der Waals surface area contributed by atoms with E-state index in [0.29, 0.717) is 39.7 Å². The summed E-state index contributed by atoms with van der Waals surface area (Å²) in [5.74, 6) is 1.01. The van der Waals surface area contributed by atoms with E-state index in [9.17, 15) is 9.59 Å². The Labute approximate surface area is 172 Å². The lowest BCUT2D eigenvalue weighted by molar-refractivity contribution is 0.101. The first kappa shape index (κ1) is 18.0. The molecule has 0 saturated heterocycles. The molecular formula is C24H17NO5. The maximum absolute atomic E-state index is 12.8. The summed E-state index contributed by atoms with van der Waals surface area (Å²) in [6, 6.07) is 19.4. The van der Waals surface area contributed by atoms with Gasteiger partial charge in [0.25, 0.3) is 5.91 Å². The Hall–Kier alpha value is -4.06. The molecule has 1 amide bonds. The van der Waals surface area contributed by atoms with Crippen molar-refractivity contribution in [1.29, 1.82) is 0 Å². The number of nitrogens with one attached hydrogen (secondary N) is 1. The van der Waals surface area contributed by atoms with Crippen molar-refractivity contribution in [3.05, 3.63) is 89.2 Å². The van der Waals surface area contributed by atoms with Crippen LogP contribution in [-0.4, -0.2) is 18.5 Å². The van der Waals surface area contributed by atoms with Crippen molar-refractivity contribution < 1.29 is 23.5 Å². The highest BCUT2D eigenvalue weighted by molar-refractivity contribution is 6.11. The van der Waals surface area contributed by atoms with E-state index in [2.05, 4.69) is 5.32 Å². The number of ketones is 1. The van der Waals surface area contributed by atoms with Gasteiger partial charge in [-0.25, -0.2) is 0 Å². The molecule has 5 rings (SSSR count). The smallest absolute Gasteiger partial charge is 0.255 e. The summed E-state index contributed by atoms with van der Waals surface area (Å²) in [4.78, 5) is 25.4. The molecule has 6 heteroatoms. The summed E-state index contributed by atoms with van der Waals surface area (Å²) < 4.78 is 16.5. The van der Waals surface area contributed by atoms with Gasteiger partial charge in [-0.1, -0.05) is 30.3 Å². The van der Waals surface area contributed by atoms with Gasteiger partial charge in [0.05, 0.1) is 0 Å². The molecule has 3 aromatic carbocycles. The molecule has 0 unspecified atom stereocenters. The Morgan fingerprint density at radius 1 is 0.867 bits per heavy atom. The lowest BCUT2D eigenvalue weighted by Gasteiger charge is -2.06. The highest BCUT2D eigenvalue weighted by atomic mass is 16.7. The van der Waals surface area contributed by atoms with Crippen LogP contribution in [0.15, 0.2) is 71.1 Å². The molecule has 0 aliphatic carbocycles. The van der Waals surface area contributed by atoms with E-state index in [0.717, 1.165) is 10.9 Å². The van der Waals surface area contributed by atoms with E-state index < -0.39 is 0 Å². The molecule has 0 radical (unpaired) electrons. The van der Waals surface area contributed by atoms with Crippen molar-refractivity contribution in [3.63, 3.8) is 0 Å². The molecule has 0 saturated carbocycles. The van der Waals surface area contributed by atoms with Crippen molar-refractivity contribution >= 4 is 28.3 Å². The number of furan rings is 1. The summed E-state index contributed by atoms with van der Waals surface area (Å²) in [6.45, 7) is 2.01. The number of rotatable bonds is 4. The molecule has 4 aromatic rings. The van der Waals surface area contributed by atoms with Crippen LogP contribution < -0.4 is 14.8 Å². The molecule has 0 fully saturated rings. The van der Waals surface area contributed by atoms with Crippen molar-refractivity contribution in [3.8, 4) is 11.5 Å². The lowest BCUT2D eigenvalue weighted by atomic mass is 10.0. The monoisotopic (exact) mass is 399 g/mol. The number of benzene rings is 3. The second-order valence-electron chi connectivity index (χ2n) is 6.98. The van der Waals surface area contributed by atoms with Crippen LogP contribution in [0.5, 0.6) is 11.5 Å². The number of amides is 1. The Morgan fingerprint density at radius 2 is 1.67 bits per heavy atom. The Kier molecular flexibility index (Phi) is 4.25. The fourth-order valence-corrected chi connectivity index (χ4v) is 3.48. The highest BCUT2D eigenvalue weighted by Crippen LogP contribution is 2.33. The van der Waals surface area contributed by atoms with E-state index in [-0.39, 0.29) is 18.5 Å². The van der Waals surface area contributed by atoms with Gasteiger partial charge in [0, 0.05) is 33.8 Å². The average molecular weight is 399 g/mol. The fraction of sp³-hybridized carbons (Fsp3) is 0.0833. The summed E-state index contributed by atoms with van der Waals surface area (Å²) in [5.41, 5.74) is 2.89. The third-order valence-electron chi connectivity index (χ3n) is 5.07. The van der Waals surface area contributed by atoms with Gasteiger partial charge in [0.15, 0.2) is 17.3 Å². The Morgan fingerprint density at radius 3 is 2.50 bits per heavy atom. The third-order valence-corrected chi connectivity index (χ3v) is 5.07. The number of hydrogen-bond donors (Lipinski definition) is 1. The number of carbonyl (C=O) groups is 2. The number of carbonyl (C=O) groups excluding carboxylic acids is 2. The Balaban J connectivity index is 1.42. The van der Waals surface area contributed by atoms with Gasteiger partial charge < -0.3 is 19.2 Å². The average Bonchev–Trinajstić information content (AvgIpc) is 3.37. The highest BCUT2D eigenvalue weighted by Gasteiger charge is 2.20. The molecule has 0 spiro atoms. The zero-order valence-corrected chi connectivity index (χ0v) is 16.1. The molecule has 0 atom stereocenters. The zero-order chi connectivity index (χ0) is 20.7. The van der Waals surface area contributed by atoms with Crippen LogP contribution in [0.3, 0.4) is 0 Å². The molecule has 1 N–H and O–H groups in total. The van der Waals surface area contributed by atoms with E-state index in [4.69, 9.17) is 13.9 Å². The minimum absolute atomic E-state index is 0.152. The zero-order valence-electron chi connectivity index (χ0n) is 16.1. The standard InChI is InChI=1S/C24H17NO5/c1-14-18-9-8-17(25-24(27)16-7-10-19-21(11-16)29-13-28-19)12-20(18)30-23(14)22(26)15-5-3-2-4-6-15/h2-12H,13H2,1H3,(H,25,27). The molecule has 1 aliphatic rings. The number of ether oxygens (including phenoxy) is 2. The maximum atomic E-state index is 12.8. The predicted octanol–water partition coefficient (Wildman–Crippen LogP) is 4.95. The number of hydrogen-bond acceptors (Lipinski definition) is 5. The van der Waals surface area contributed by atoms with Gasteiger partial charge in [0.1, 0.15) is 5.58 Å². The van der Waals surface area contributed by atoms with Crippen LogP contribution in [0.25, 0.3) is 11.0 Å². The van der Waals surface area contributed by atoms with Crippen LogP contribution in [0.1, 0.15) is 32.0 Å². The maximum Gasteiger partial charge on any atom is 0.255 e. The first-order chi connectivity index (χ1) is 14.6. The molecule has 0 bridgehead atoms. The van der Waals surface area contributed by atoms with E-state index in [1.165, 1.54) is 0 Å². The minimum Gasteiger partial charge on any atom is -0.454 e. The number of fused-ring (bicyclic) bond motifs is 2. The number of aryl methyl sites for hydroxylation is 1. The quantitative estimate of drug-likeness (QED) is 0.491. The van der Waals surface area contributed by atoms with Crippen LogP contribution in [0, 0.1) is 6.92 Å². The molecule has 6 nitrogen and oxygen atoms in total. The second kappa shape index (κ2) is 7.08. The summed E-state index contributed by atoms with van der Waals surface area (Å²) >= 11 is 0. The number of anilines is 1. The van der Waals surface area contributed by atoms with E-state index >= 15 is 0 Å². The van der Waals surface area contributed by atoms with Crippen LogP contribution in [-0.2, 0) is 0 Å². The largest absolute Gasteiger partial charge is 0.454 e. The summed E-state index contributed by atoms with van der Waals surface area (Å²) in [6.07, 6.45) is 0. The molecular weight excluding hydrogens is 382 g/mol. The van der Waals surface area contributed by atoms with Crippen molar-refractivity contribution in [2.75, 3.05) is 12.1 Å². The minimum atomic E-state index is -0.281. The topological polar surface area (TPSA) is 77.8 Å². The second-order valence-corrected chi connectivity index (χ2v) is 6.98. The van der Waals surface area contributed by atoms with Gasteiger partial charge in [-0.05, 0) is 37.3 Å². The van der Waals surface area contributed by atoms with E-state index in [1.807, 2.05) is 31.2 Å². The SMILES string of the molecule is Cc1c(C(=O)c2ccccc2)oc2cc(NC(=O)c3ccc4c(c3)OCO4)ccc12. The van der Waals surface area contributed by atoms with Gasteiger partial charge in [-0.3, -0.25) is 9.59 Å². The van der Waals surface area contributed by atoms with Crippen LogP contribution >= 0.6 is 0 Å². The van der Waals surface area contributed by atoms with Crippen molar-refractivity contribution in [2.24, 2.45) is 0 Å². The van der Waals surface area contributed by atoms with Crippen molar-refractivity contribution in [1.82, 2.24) is 0 Å². The van der Waals surface area contributed by atoms with Gasteiger partial charge in [-0.15, -0.1) is 0 Å². The lowest BCUT2D eigenvalue weighted by Crippen LogP contribution is -2.11. The molecule has 1 aromatic heterocycles. The molecule has 148 valence electrons. The van der Waals surface area contributed by atoms with Crippen LogP contribution in [0.2, 0.25) is 0 Å². The molecule has 30 heavy (non-hydrogen) atoms. The molecule has 1 aliphatic heterocycles. The Bertz CT molecular complexity index is 1290. The predicted molar refractivity (Wildman–Crippen MR) is 111 cm³/mol. The van der Waals surface area contributed by atoms with Crippen molar-refractivity contribution in [2.45, 2.75) is 6.92 Å². The van der Waals surface area contributed by atoms with E-state index in [1.54, 1.807) is 42.5 Å². The first-order valence-corrected chi connectivity index (χ1v) is 9.44. The fourth-order valence-electron chi connectivity index (χ4n) is 3.48.